The zero-order valence-electron chi connectivity index (χ0n) is 12.8. The van der Waals surface area contributed by atoms with Gasteiger partial charge in [-0.1, -0.05) is 18.2 Å². The van der Waals surface area contributed by atoms with E-state index in [-0.39, 0.29) is 17.9 Å². The van der Waals surface area contributed by atoms with E-state index < -0.39 is 0 Å². The number of hydrogen-bond acceptors (Lipinski definition) is 6. The number of amides is 1. The SMILES string of the molecule is Cc1nnc([C@@H]2CN(C(=O)[C@@H]3COc4ccccc43)CCO2)o1. The molecule has 120 valence electrons. The van der Waals surface area contributed by atoms with Gasteiger partial charge in [-0.25, -0.2) is 0 Å². The molecule has 0 bridgehead atoms. The molecule has 2 aromatic rings. The fraction of sp³-hybridized carbons (Fsp3) is 0.438. The first-order valence-corrected chi connectivity index (χ1v) is 7.64. The monoisotopic (exact) mass is 315 g/mol. The highest BCUT2D eigenvalue weighted by atomic mass is 16.5. The summed E-state index contributed by atoms with van der Waals surface area (Å²) in [5.74, 6) is 1.50. The van der Waals surface area contributed by atoms with Crippen LogP contribution in [-0.4, -0.2) is 47.3 Å². The molecule has 0 spiro atoms. The third-order valence-electron chi connectivity index (χ3n) is 4.19. The maximum atomic E-state index is 12.9. The Balaban J connectivity index is 1.51. The standard InChI is InChI=1S/C16H17N3O4/c1-10-17-18-15(23-10)14-8-19(6-7-21-14)16(20)12-9-22-13-5-3-2-4-11(12)13/h2-5,12,14H,6-9H2,1H3/t12-,14+/m1/s1. The van der Waals surface area contributed by atoms with Crippen molar-refractivity contribution >= 4 is 5.91 Å². The third-order valence-corrected chi connectivity index (χ3v) is 4.19. The van der Waals surface area contributed by atoms with Gasteiger partial charge in [0.15, 0.2) is 6.10 Å². The van der Waals surface area contributed by atoms with E-state index in [0.29, 0.717) is 38.1 Å². The van der Waals surface area contributed by atoms with E-state index in [1.165, 1.54) is 0 Å². The van der Waals surface area contributed by atoms with E-state index in [9.17, 15) is 4.79 Å². The number of rotatable bonds is 2. The average molecular weight is 315 g/mol. The molecule has 1 aromatic carbocycles. The first-order chi connectivity index (χ1) is 11.2. The van der Waals surface area contributed by atoms with Crippen LogP contribution in [0.25, 0.3) is 0 Å². The van der Waals surface area contributed by atoms with Crippen LogP contribution in [0, 0.1) is 6.92 Å². The molecule has 4 rings (SSSR count). The third kappa shape index (κ3) is 2.57. The molecule has 1 amide bonds. The minimum absolute atomic E-state index is 0.0551. The van der Waals surface area contributed by atoms with E-state index in [0.717, 1.165) is 11.3 Å². The molecule has 1 saturated heterocycles. The lowest BCUT2D eigenvalue weighted by atomic mass is 9.99. The van der Waals surface area contributed by atoms with Crippen molar-refractivity contribution in [2.45, 2.75) is 18.9 Å². The number of para-hydroxylation sites is 1. The average Bonchev–Trinajstić information content (AvgIpc) is 3.20. The van der Waals surface area contributed by atoms with Crippen molar-refractivity contribution in [3.05, 3.63) is 41.6 Å². The lowest BCUT2D eigenvalue weighted by molar-refractivity contribution is -0.141. The zero-order valence-corrected chi connectivity index (χ0v) is 12.8. The van der Waals surface area contributed by atoms with Gasteiger partial charge in [0, 0.05) is 19.0 Å². The highest BCUT2D eigenvalue weighted by Gasteiger charge is 2.36. The quantitative estimate of drug-likeness (QED) is 0.835. The summed E-state index contributed by atoms with van der Waals surface area (Å²) in [4.78, 5) is 14.7. The summed E-state index contributed by atoms with van der Waals surface area (Å²) in [7, 11) is 0. The molecule has 0 radical (unpaired) electrons. The van der Waals surface area contributed by atoms with Gasteiger partial charge >= 0.3 is 0 Å². The highest BCUT2D eigenvalue weighted by molar-refractivity contribution is 5.85. The van der Waals surface area contributed by atoms with Gasteiger partial charge in [0.2, 0.25) is 17.7 Å². The van der Waals surface area contributed by atoms with Crippen molar-refractivity contribution < 1.29 is 18.7 Å². The molecule has 23 heavy (non-hydrogen) atoms. The van der Waals surface area contributed by atoms with Gasteiger partial charge in [0.1, 0.15) is 18.3 Å². The van der Waals surface area contributed by atoms with E-state index >= 15 is 0 Å². The Bertz CT molecular complexity index is 730. The van der Waals surface area contributed by atoms with Crippen LogP contribution in [-0.2, 0) is 9.53 Å². The summed E-state index contributed by atoms with van der Waals surface area (Å²) in [6.07, 6.45) is -0.369. The summed E-state index contributed by atoms with van der Waals surface area (Å²) in [5.41, 5.74) is 0.953. The van der Waals surface area contributed by atoms with Gasteiger partial charge in [-0.2, -0.15) is 0 Å². The van der Waals surface area contributed by atoms with E-state index in [2.05, 4.69) is 10.2 Å². The maximum Gasteiger partial charge on any atom is 0.246 e. The molecule has 1 fully saturated rings. The number of hydrogen-bond donors (Lipinski definition) is 0. The molecule has 3 heterocycles. The fourth-order valence-electron chi connectivity index (χ4n) is 3.03. The second kappa shape index (κ2) is 5.66. The van der Waals surface area contributed by atoms with Crippen molar-refractivity contribution in [1.29, 1.82) is 0 Å². The van der Waals surface area contributed by atoms with Gasteiger partial charge in [-0.3, -0.25) is 4.79 Å². The van der Waals surface area contributed by atoms with Gasteiger partial charge in [-0.05, 0) is 6.07 Å². The Morgan fingerprint density at radius 1 is 1.30 bits per heavy atom. The molecule has 0 N–H and O–H groups in total. The molecule has 2 aliphatic rings. The summed E-state index contributed by atoms with van der Waals surface area (Å²) in [6, 6.07) is 7.68. The van der Waals surface area contributed by atoms with Crippen LogP contribution < -0.4 is 4.74 Å². The Kier molecular flexibility index (Phi) is 3.49. The first kappa shape index (κ1) is 14.2. The first-order valence-electron chi connectivity index (χ1n) is 7.64. The molecule has 0 saturated carbocycles. The zero-order chi connectivity index (χ0) is 15.8. The van der Waals surface area contributed by atoms with Crippen LogP contribution in [0.5, 0.6) is 5.75 Å². The number of nitrogens with zero attached hydrogens (tertiary/aromatic N) is 3. The minimum atomic E-state index is -0.369. The number of aryl methyl sites for hydroxylation is 1. The fourth-order valence-corrected chi connectivity index (χ4v) is 3.03. The molecule has 7 heteroatoms. The number of benzene rings is 1. The lowest BCUT2D eigenvalue weighted by Crippen LogP contribution is -2.44. The van der Waals surface area contributed by atoms with Crippen molar-refractivity contribution in [1.82, 2.24) is 15.1 Å². The van der Waals surface area contributed by atoms with Crippen LogP contribution in [0.2, 0.25) is 0 Å². The van der Waals surface area contributed by atoms with Gasteiger partial charge in [-0.15, -0.1) is 10.2 Å². The van der Waals surface area contributed by atoms with Crippen LogP contribution in [0.15, 0.2) is 28.7 Å². The van der Waals surface area contributed by atoms with Crippen LogP contribution >= 0.6 is 0 Å². The molecular weight excluding hydrogens is 298 g/mol. The van der Waals surface area contributed by atoms with Crippen molar-refractivity contribution in [2.24, 2.45) is 0 Å². The smallest absolute Gasteiger partial charge is 0.246 e. The number of morpholine rings is 1. The summed E-state index contributed by atoms with van der Waals surface area (Å²) in [5, 5.41) is 7.81. The molecule has 0 unspecified atom stereocenters. The van der Waals surface area contributed by atoms with E-state index in [1.807, 2.05) is 24.3 Å². The summed E-state index contributed by atoms with van der Waals surface area (Å²) in [6.45, 7) is 3.54. The van der Waals surface area contributed by atoms with Gasteiger partial charge in [0.25, 0.3) is 0 Å². The Hall–Kier alpha value is -2.41. The van der Waals surface area contributed by atoms with Crippen LogP contribution in [0.4, 0.5) is 0 Å². The molecule has 0 aliphatic carbocycles. The number of carbonyl (C=O) groups is 1. The number of aromatic nitrogens is 2. The molecule has 2 aliphatic heterocycles. The summed E-state index contributed by atoms with van der Waals surface area (Å²) >= 11 is 0. The second-order valence-corrected chi connectivity index (χ2v) is 5.70. The lowest BCUT2D eigenvalue weighted by Gasteiger charge is -2.32. The van der Waals surface area contributed by atoms with E-state index in [1.54, 1.807) is 11.8 Å². The molecule has 2 atom stereocenters. The van der Waals surface area contributed by atoms with Crippen molar-refractivity contribution in [3.63, 3.8) is 0 Å². The number of ether oxygens (including phenoxy) is 2. The Morgan fingerprint density at radius 3 is 3.00 bits per heavy atom. The van der Waals surface area contributed by atoms with Crippen molar-refractivity contribution in [2.75, 3.05) is 26.3 Å². The van der Waals surface area contributed by atoms with Gasteiger partial charge < -0.3 is 18.8 Å². The highest BCUT2D eigenvalue weighted by Crippen LogP contribution is 2.35. The van der Waals surface area contributed by atoms with Crippen molar-refractivity contribution in [3.8, 4) is 5.75 Å². The van der Waals surface area contributed by atoms with Crippen LogP contribution in [0.3, 0.4) is 0 Å². The van der Waals surface area contributed by atoms with Gasteiger partial charge in [0.05, 0.1) is 13.2 Å². The topological polar surface area (TPSA) is 77.7 Å². The second-order valence-electron chi connectivity index (χ2n) is 5.70. The normalized spacial score (nSPS) is 23.4. The van der Waals surface area contributed by atoms with Crippen LogP contribution in [0.1, 0.15) is 29.4 Å². The predicted molar refractivity (Wildman–Crippen MR) is 79.0 cm³/mol. The Labute approximate surface area is 133 Å². The molecular formula is C16H17N3O4. The largest absolute Gasteiger partial charge is 0.492 e. The minimum Gasteiger partial charge on any atom is -0.492 e. The maximum absolute atomic E-state index is 12.9. The number of carbonyl (C=O) groups excluding carboxylic acids is 1. The molecule has 7 nitrogen and oxygen atoms in total. The molecule has 1 aromatic heterocycles. The predicted octanol–water partition coefficient (Wildman–Crippen LogP) is 1.45. The van der Waals surface area contributed by atoms with E-state index in [4.69, 9.17) is 13.9 Å². The Morgan fingerprint density at radius 2 is 2.17 bits per heavy atom. The number of fused-ring (bicyclic) bond motifs is 1. The summed E-state index contributed by atoms with van der Waals surface area (Å²) < 4.78 is 16.7.